The van der Waals surface area contributed by atoms with Gasteiger partial charge in [-0.25, -0.2) is 4.18 Å². The maximum atomic E-state index is 13.1. The third kappa shape index (κ3) is 30.6. The molecule has 0 bridgehead atoms. The molecule has 0 saturated carbocycles. The van der Waals surface area contributed by atoms with Crippen LogP contribution in [0.1, 0.15) is 213 Å². The van der Waals surface area contributed by atoms with Crippen molar-refractivity contribution >= 4 is 16.3 Å². The van der Waals surface area contributed by atoms with Gasteiger partial charge in [-0.15, -0.1) is 0 Å². The first-order valence-corrected chi connectivity index (χ1v) is 26.2. The molecule has 1 fully saturated rings. The maximum Gasteiger partial charge on any atom is 0.397 e. The number of ether oxygens (including phenoxy) is 2. The van der Waals surface area contributed by atoms with E-state index in [1.807, 2.05) is 6.08 Å². The average Bonchev–Trinajstić information content (AvgIpc) is 3.24. The molecule has 366 valence electrons. The molecule has 14 heteroatoms. The molecule has 13 nitrogen and oxygen atoms in total. The van der Waals surface area contributed by atoms with E-state index in [-0.39, 0.29) is 6.42 Å². The Labute approximate surface area is 376 Å². The van der Waals surface area contributed by atoms with E-state index in [2.05, 4.69) is 35.5 Å². The molecule has 8 unspecified atom stereocenters. The Bertz CT molecular complexity index is 1220. The van der Waals surface area contributed by atoms with Crippen LogP contribution in [0, 0.1) is 0 Å². The van der Waals surface area contributed by atoms with Crippen LogP contribution in [0.4, 0.5) is 0 Å². The molecule has 1 saturated heterocycles. The molecular formula is C48H91NO12S. The van der Waals surface area contributed by atoms with E-state index in [1.165, 1.54) is 116 Å². The van der Waals surface area contributed by atoms with Crippen LogP contribution >= 0.6 is 0 Å². The number of unbranched alkanes of at least 4 members (excludes halogenated alkanes) is 27. The van der Waals surface area contributed by atoms with Gasteiger partial charge in [0.2, 0.25) is 5.91 Å². The van der Waals surface area contributed by atoms with Crippen molar-refractivity contribution < 1.29 is 57.0 Å². The summed E-state index contributed by atoms with van der Waals surface area (Å²) in [6.45, 7) is 3.22. The molecule has 7 N–H and O–H groups in total. The summed E-state index contributed by atoms with van der Waals surface area (Å²) in [4.78, 5) is 13.1. The topological polar surface area (TPSA) is 212 Å². The lowest BCUT2D eigenvalue weighted by atomic mass is 9.99. The van der Waals surface area contributed by atoms with Gasteiger partial charge in [0.25, 0.3) is 0 Å². The molecule has 1 aliphatic heterocycles. The molecule has 62 heavy (non-hydrogen) atoms. The zero-order valence-corrected chi connectivity index (χ0v) is 39.6. The van der Waals surface area contributed by atoms with E-state index < -0.39 is 78.5 Å². The Kier molecular flexibility index (Phi) is 36.6. The number of carbonyl (C=O) groups excluding carboxylic acids is 1. The standard InChI is InChI=1S/C48H91NO12S/c1-3-5-7-9-11-13-15-17-19-21-23-24-26-28-30-32-34-36-41(51)40(39-59-48-45(54)46(61-62(56,57)58)44(53)43(38-50)60-48)49-47(55)42(52)37-35-33-31-29-27-25-22-20-18-16-14-12-10-8-6-4-2/h18,20,34,36,40-46,48,50-54H,3-17,19,21-33,35,37-39H2,1-2H3,(H,49,55)(H,56,57,58)/b20-18-,36-34+. The molecule has 1 heterocycles. The fraction of sp³-hybridized carbons (Fsp3) is 0.896. The predicted octanol–water partition coefficient (Wildman–Crippen LogP) is 9.08. The van der Waals surface area contributed by atoms with E-state index >= 15 is 0 Å². The maximum absolute atomic E-state index is 13.1. The number of aliphatic hydroxyl groups is 5. The Morgan fingerprint density at radius 1 is 0.645 bits per heavy atom. The van der Waals surface area contributed by atoms with Crippen molar-refractivity contribution in [3.05, 3.63) is 24.3 Å². The first-order valence-electron chi connectivity index (χ1n) is 24.8. The zero-order valence-electron chi connectivity index (χ0n) is 38.8. The number of aliphatic hydroxyl groups excluding tert-OH is 5. The summed E-state index contributed by atoms with van der Waals surface area (Å²) in [5.41, 5.74) is 0. The van der Waals surface area contributed by atoms with Crippen LogP contribution < -0.4 is 5.32 Å². The fourth-order valence-corrected chi connectivity index (χ4v) is 8.38. The van der Waals surface area contributed by atoms with Crippen molar-refractivity contribution in [3.63, 3.8) is 0 Å². The summed E-state index contributed by atoms with van der Waals surface area (Å²) in [5, 5.41) is 55.3. The highest BCUT2D eigenvalue weighted by Gasteiger charge is 2.48. The second-order valence-electron chi connectivity index (χ2n) is 17.5. The molecule has 0 aromatic heterocycles. The number of hydrogen-bond donors (Lipinski definition) is 7. The SMILES string of the molecule is CCCCCCCC/C=C\CCCCCCCCC(O)C(=O)NC(COC1OC(CO)C(O)C(OS(=O)(=O)O)C1O)C(O)/C=C/CCCCCCCCCCCCCCCCC. The number of rotatable bonds is 42. The van der Waals surface area contributed by atoms with Crippen molar-refractivity contribution in [2.75, 3.05) is 13.2 Å². The molecular weight excluding hydrogens is 815 g/mol. The predicted molar refractivity (Wildman–Crippen MR) is 247 cm³/mol. The van der Waals surface area contributed by atoms with Gasteiger partial charge in [-0.2, -0.15) is 8.42 Å². The minimum atomic E-state index is -5.12. The van der Waals surface area contributed by atoms with Crippen molar-refractivity contribution in [3.8, 4) is 0 Å². The Morgan fingerprint density at radius 2 is 1.06 bits per heavy atom. The van der Waals surface area contributed by atoms with Gasteiger partial charge in [0, 0.05) is 0 Å². The van der Waals surface area contributed by atoms with Gasteiger partial charge in [-0.1, -0.05) is 192 Å². The number of nitrogens with one attached hydrogen (secondary N) is 1. The molecule has 0 spiro atoms. The summed E-state index contributed by atoms with van der Waals surface area (Å²) in [6.07, 6.45) is 32.5. The first-order chi connectivity index (χ1) is 29.9. The smallest absolute Gasteiger partial charge is 0.394 e. The van der Waals surface area contributed by atoms with Gasteiger partial charge in [-0.3, -0.25) is 9.35 Å². The first kappa shape index (κ1) is 58.6. The van der Waals surface area contributed by atoms with Gasteiger partial charge in [0.1, 0.15) is 30.5 Å². The second kappa shape index (κ2) is 38.8. The minimum absolute atomic E-state index is 0.237. The molecule has 0 aromatic carbocycles. The summed E-state index contributed by atoms with van der Waals surface area (Å²) < 4.78 is 47.6. The molecule has 0 radical (unpaired) electrons. The van der Waals surface area contributed by atoms with Gasteiger partial charge < -0.3 is 40.3 Å². The quantitative estimate of drug-likeness (QED) is 0.0174. The third-order valence-electron chi connectivity index (χ3n) is 11.8. The summed E-state index contributed by atoms with van der Waals surface area (Å²) in [6, 6.07) is -1.12. The molecule has 0 aromatic rings. The molecule has 0 aliphatic carbocycles. The van der Waals surface area contributed by atoms with Crippen LogP contribution in [0.25, 0.3) is 0 Å². The normalized spacial score (nSPS) is 21.2. The van der Waals surface area contributed by atoms with Crippen LogP contribution in [0.15, 0.2) is 24.3 Å². The van der Waals surface area contributed by atoms with Gasteiger partial charge in [0.05, 0.1) is 25.4 Å². The number of allylic oxidation sites excluding steroid dienone is 3. The summed E-state index contributed by atoms with van der Waals surface area (Å²) in [7, 11) is -5.12. The third-order valence-corrected chi connectivity index (χ3v) is 12.3. The highest BCUT2D eigenvalue weighted by atomic mass is 32.3. The van der Waals surface area contributed by atoms with Crippen molar-refractivity contribution in [1.82, 2.24) is 5.32 Å². The lowest BCUT2D eigenvalue weighted by Crippen LogP contribution is -2.61. The van der Waals surface area contributed by atoms with Crippen LogP contribution in [0.3, 0.4) is 0 Å². The minimum Gasteiger partial charge on any atom is -0.394 e. The van der Waals surface area contributed by atoms with E-state index in [0.717, 1.165) is 64.2 Å². The van der Waals surface area contributed by atoms with Gasteiger partial charge in [0.15, 0.2) is 6.29 Å². The van der Waals surface area contributed by atoms with Crippen LogP contribution in [-0.4, -0.2) is 107 Å². The number of hydrogen-bond acceptors (Lipinski definition) is 11. The van der Waals surface area contributed by atoms with E-state index in [0.29, 0.717) is 12.8 Å². The van der Waals surface area contributed by atoms with E-state index in [1.54, 1.807) is 6.08 Å². The lowest BCUT2D eigenvalue weighted by molar-refractivity contribution is -0.298. The number of amides is 1. The van der Waals surface area contributed by atoms with Crippen LogP contribution in [0.2, 0.25) is 0 Å². The highest BCUT2D eigenvalue weighted by Crippen LogP contribution is 2.26. The summed E-state index contributed by atoms with van der Waals surface area (Å²) >= 11 is 0. The zero-order chi connectivity index (χ0) is 45.7. The lowest BCUT2D eigenvalue weighted by Gasteiger charge is -2.41. The van der Waals surface area contributed by atoms with Crippen molar-refractivity contribution in [2.24, 2.45) is 0 Å². The van der Waals surface area contributed by atoms with Crippen molar-refractivity contribution in [1.29, 1.82) is 0 Å². The molecule has 1 rings (SSSR count). The van der Waals surface area contributed by atoms with Crippen molar-refractivity contribution in [2.45, 2.75) is 262 Å². The monoisotopic (exact) mass is 906 g/mol. The molecule has 1 amide bonds. The largest absolute Gasteiger partial charge is 0.397 e. The van der Waals surface area contributed by atoms with Gasteiger partial charge in [-0.05, 0) is 44.9 Å². The Balaban J connectivity index is 2.56. The summed E-state index contributed by atoms with van der Waals surface area (Å²) in [5.74, 6) is -0.706. The fourth-order valence-electron chi connectivity index (χ4n) is 7.87. The van der Waals surface area contributed by atoms with E-state index in [9.17, 15) is 43.3 Å². The second-order valence-corrected chi connectivity index (χ2v) is 18.6. The van der Waals surface area contributed by atoms with Gasteiger partial charge >= 0.3 is 10.4 Å². The highest BCUT2D eigenvalue weighted by molar-refractivity contribution is 7.80. The Morgan fingerprint density at radius 3 is 1.50 bits per heavy atom. The average molecular weight is 906 g/mol. The van der Waals surface area contributed by atoms with Crippen LogP contribution in [-0.2, 0) is 28.9 Å². The molecule has 1 aliphatic rings. The molecule has 8 atom stereocenters. The Hall–Kier alpha value is -1.46. The van der Waals surface area contributed by atoms with Crippen LogP contribution in [0.5, 0.6) is 0 Å². The number of carbonyl (C=O) groups is 1. The van der Waals surface area contributed by atoms with E-state index in [4.69, 9.17) is 9.47 Å².